The summed E-state index contributed by atoms with van der Waals surface area (Å²) in [6.45, 7) is 0. The van der Waals surface area contributed by atoms with Crippen LogP contribution in [-0.4, -0.2) is 59.1 Å². The van der Waals surface area contributed by atoms with Gasteiger partial charge in [0.05, 0.1) is 21.2 Å². The van der Waals surface area contributed by atoms with Crippen LogP contribution < -0.4 is 98.9 Å². The molecule has 0 atom stereocenters. The van der Waals surface area contributed by atoms with Gasteiger partial charge in [-0.2, -0.15) is 10.2 Å². The summed E-state index contributed by atoms with van der Waals surface area (Å²) in [6.07, 6.45) is 3.83. The fraction of sp³-hybridized carbons (Fsp3) is 0. The van der Waals surface area contributed by atoms with E-state index < -0.39 is 86.0 Å². The number of rotatable bonds is 7. The standard InChI is InChI=1S/C16H11N3O7S.C16H9N3O7S.Cr.3Na/c2*20-13-6-5-9-3-1-2-4-11(9)15(13)18-17-12-7-10(19(22)23)8-14(16(12)21)27(24,25)26;;;;/h1-8,20-21H,(H,24,25,26);1-8H,(H,24,25,26);;;;/q;-2;+3;3*+1/p-4. The van der Waals surface area contributed by atoms with Crippen LogP contribution in [0.1, 0.15) is 11.1 Å². The Morgan fingerprint density at radius 1 is 0.741 bits per heavy atom. The van der Waals surface area contributed by atoms with Crippen molar-refractivity contribution in [1.29, 1.82) is 0 Å². The van der Waals surface area contributed by atoms with E-state index in [1.54, 1.807) is 60.7 Å². The van der Waals surface area contributed by atoms with E-state index in [1.165, 1.54) is 12.1 Å². The quantitative estimate of drug-likeness (QED) is 0.0416. The first-order chi connectivity index (χ1) is 25.4. The average molecular weight is 894 g/mol. The number of nitrogens with zero attached hydrogens (tertiary/aromatic N) is 6. The summed E-state index contributed by atoms with van der Waals surface area (Å²) < 4.78 is 67.1. The van der Waals surface area contributed by atoms with Crippen LogP contribution in [0.25, 0.3) is 16.8 Å². The van der Waals surface area contributed by atoms with Crippen LogP contribution in [0.4, 0.5) is 17.1 Å². The Kier molecular flexibility index (Phi) is 19.8. The number of allylic oxidation sites excluding steroid dienone is 4. The number of Topliss-reactive ketones (excluding diaryl/α,β-unsaturated/α-hetero) is 1. The van der Waals surface area contributed by atoms with E-state index in [0.717, 1.165) is 0 Å². The van der Waals surface area contributed by atoms with Crippen molar-refractivity contribution in [2.24, 2.45) is 20.4 Å². The van der Waals surface area contributed by atoms with Crippen LogP contribution in [0.2, 0.25) is 0 Å². The Labute approximate surface area is 404 Å². The minimum absolute atomic E-state index is 0. The first-order valence-corrected chi connectivity index (χ1v) is 17.3. The first kappa shape index (κ1) is 52.7. The summed E-state index contributed by atoms with van der Waals surface area (Å²) in [4.78, 5) is 31.5. The van der Waals surface area contributed by atoms with Crippen molar-refractivity contribution in [2.45, 2.75) is 4.90 Å². The van der Waals surface area contributed by atoms with Crippen molar-refractivity contribution in [3.8, 4) is 11.5 Å². The second kappa shape index (κ2) is 21.8. The van der Waals surface area contributed by atoms with Crippen LogP contribution in [-0.2, 0) is 47.2 Å². The van der Waals surface area contributed by atoms with E-state index >= 15 is 0 Å². The van der Waals surface area contributed by atoms with Gasteiger partial charge in [0.2, 0.25) is 11.6 Å². The molecule has 26 heteroatoms. The van der Waals surface area contributed by atoms with Gasteiger partial charge in [0, 0.05) is 28.8 Å². The van der Waals surface area contributed by atoms with Gasteiger partial charge in [0.1, 0.15) is 36.6 Å². The fourth-order valence-corrected chi connectivity index (χ4v) is 5.96. The second-order valence-corrected chi connectivity index (χ2v) is 13.4. The summed E-state index contributed by atoms with van der Waals surface area (Å²) in [5.41, 5.74) is -2.32. The number of non-ortho nitro benzene ring substituents is 1. The average Bonchev–Trinajstić information content (AvgIpc) is 3.11. The molecule has 0 saturated carbocycles. The number of azo groups is 1. The number of nitro benzene ring substituents is 1. The van der Waals surface area contributed by atoms with Gasteiger partial charge >= 0.3 is 106 Å². The zero-order valence-corrected chi connectivity index (χ0v) is 38.8. The molecule has 1 radical (unpaired) electrons. The third-order valence-corrected chi connectivity index (χ3v) is 8.93. The second-order valence-electron chi connectivity index (χ2n) is 10.7. The van der Waals surface area contributed by atoms with Gasteiger partial charge in [-0.3, -0.25) is 19.7 Å². The fourth-order valence-electron chi connectivity index (χ4n) is 4.76. The van der Waals surface area contributed by atoms with Crippen molar-refractivity contribution < 1.29 is 157 Å². The Morgan fingerprint density at radius 3 is 2.00 bits per heavy atom. The third kappa shape index (κ3) is 12.4. The SMILES string of the molecule is O=C1C=Cc2ccccc2C1=NN=C1C=C(N([O-])[O-])C=C(S(=O)(=O)[O-])C1=O.O=[N+]([O-])c1cc(N=Nc2c([O-])ccc3ccccc23)c([O-])c(S(=O)(=O)[O-])c1.[Cr+3].[Na+].[Na+].[Na+]. The largest absolute Gasteiger partial charge is 3.00 e. The van der Waals surface area contributed by atoms with Gasteiger partial charge in [-0.1, -0.05) is 78.2 Å². The van der Waals surface area contributed by atoms with Gasteiger partial charge in [-0.05, 0) is 29.2 Å². The molecular weight excluding hydrogens is 877 g/mol. The van der Waals surface area contributed by atoms with Crippen molar-refractivity contribution in [3.63, 3.8) is 0 Å². The zero-order chi connectivity index (χ0) is 39.5. The monoisotopic (exact) mass is 893 g/mol. The molecule has 4 aromatic carbocycles. The maximum absolute atomic E-state index is 12.1. The van der Waals surface area contributed by atoms with Gasteiger partial charge in [-0.15, -0.1) is 10.2 Å². The molecule has 2 aliphatic carbocycles. The van der Waals surface area contributed by atoms with Gasteiger partial charge in [0.15, 0.2) is 0 Å². The summed E-state index contributed by atoms with van der Waals surface area (Å²) in [5.74, 6) is -3.72. The number of hydrogen-bond acceptors (Lipinski definition) is 19. The van der Waals surface area contributed by atoms with Gasteiger partial charge < -0.3 is 35.0 Å². The molecule has 0 aromatic heterocycles. The normalized spacial score (nSPS) is 14.8. The van der Waals surface area contributed by atoms with Crippen LogP contribution in [0, 0.1) is 20.5 Å². The molecule has 0 N–H and O–H groups in total. The smallest absolute Gasteiger partial charge is 0.871 e. The number of carbonyl (C=O) groups excluding carboxylic acids is 2. The molecule has 0 bridgehead atoms. The number of hydrogen-bond donors (Lipinski definition) is 0. The number of hydroxylamine groups is 2. The molecule has 6 rings (SSSR count). The summed E-state index contributed by atoms with van der Waals surface area (Å²) in [7, 11) is -10.5. The van der Waals surface area contributed by atoms with Crippen LogP contribution >= 0.6 is 0 Å². The number of ketones is 2. The topological polar surface area (TPSA) is 337 Å². The number of carbonyl (C=O) groups is 2. The molecule has 0 heterocycles. The summed E-state index contributed by atoms with van der Waals surface area (Å²) >= 11 is 0. The Bertz CT molecular complexity index is 2710. The molecule has 4 aromatic rings. The van der Waals surface area contributed by atoms with Crippen molar-refractivity contribution in [3.05, 3.63) is 133 Å². The predicted molar refractivity (Wildman–Crippen MR) is 182 cm³/mol. The van der Waals surface area contributed by atoms with E-state index in [9.17, 15) is 66.3 Å². The molecule has 0 aliphatic heterocycles. The van der Waals surface area contributed by atoms with Crippen LogP contribution in [0.3, 0.4) is 0 Å². The molecule has 0 saturated heterocycles. The Hall–Kier alpha value is -3.29. The van der Waals surface area contributed by atoms with E-state index in [4.69, 9.17) is 0 Å². The number of nitro groups is 1. The molecule has 0 amide bonds. The maximum atomic E-state index is 12.1. The van der Waals surface area contributed by atoms with Gasteiger partial charge in [-0.25, -0.2) is 16.8 Å². The number of benzene rings is 4. The van der Waals surface area contributed by atoms with Crippen molar-refractivity contribution in [2.75, 3.05) is 0 Å². The summed E-state index contributed by atoms with van der Waals surface area (Å²) in [5, 5.41) is 71.5. The predicted octanol–water partition coefficient (Wildman–Crippen LogP) is -6.15. The first-order valence-electron chi connectivity index (χ1n) is 14.5. The van der Waals surface area contributed by atoms with E-state index in [1.807, 2.05) is 0 Å². The number of fused-ring (bicyclic) bond motifs is 2. The van der Waals surface area contributed by atoms with E-state index in [-0.39, 0.29) is 117 Å². The molecule has 2 aliphatic rings. The Balaban J connectivity index is 0.000000543. The molecule has 0 spiro atoms. The van der Waals surface area contributed by atoms with Crippen LogP contribution in [0.5, 0.6) is 11.5 Å². The van der Waals surface area contributed by atoms with E-state index in [0.29, 0.717) is 46.2 Å². The molecular formula is C32H16CrN6Na3O14S2. The molecule has 58 heavy (non-hydrogen) atoms. The molecule has 0 fully saturated rings. The van der Waals surface area contributed by atoms with Crippen molar-refractivity contribution >= 4 is 77.1 Å². The Morgan fingerprint density at radius 2 is 1.38 bits per heavy atom. The zero-order valence-electron chi connectivity index (χ0n) is 29.9. The van der Waals surface area contributed by atoms with E-state index in [2.05, 4.69) is 20.4 Å². The molecule has 20 nitrogen and oxygen atoms in total. The minimum Gasteiger partial charge on any atom is -0.871 e. The third-order valence-electron chi connectivity index (χ3n) is 7.24. The summed E-state index contributed by atoms with van der Waals surface area (Å²) in [6, 6.07) is 17.2. The molecule has 279 valence electrons. The van der Waals surface area contributed by atoms with Crippen LogP contribution in [0.15, 0.2) is 127 Å². The van der Waals surface area contributed by atoms with Gasteiger partial charge in [0.25, 0.3) is 5.69 Å². The van der Waals surface area contributed by atoms with Crippen molar-refractivity contribution in [1.82, 2.24) is 5.23 Å². The molecule has 0 unspecified atom stereocenters. The minimum atomic E-state index is -5.27. The maximum Gasteiger partial charge on any atom is 3.00 e.